The Morgan fingerprint density at radius 1 is 1.50 bits per heavy atom. The van der Waals surface area contributed by atoms with Crippen LogP contribution in [0.3, 0.4) is 0 Å². The maximum atomic E-state index is 11.7. The minimum atomic E-state index is -0.763. The van der Waals surface area contributed by atoms with E-state index in [1.54, 1.807) is 6.08 Å². The molecule has 0 heterocycles. The Bertz CT molecular complexity index is 259. The van der Waals surface area contributed by atoms with Crippen LogP contribution in [0.25, 0.3) is 0 Å². The van der Waals surface area contributed by atoms with Gasteiger partial charge in [-0.25, -0.2) is 0 Å². The molecular weight excluding hydrogens is 176 g/mol. The second-order valence-corrected chi connectivity index (χ2v) is 3.75. The van der Waals surface area contributed by atoms with Crippen molar-refractivity contribution in [2.24, 2.45) is 5.41 Å². The number of hydrogen-bond donors (Lipinski definition) is 1. The van der Waals surface area contributed by atoms with Crippen LogP contribution >= 0.6 is 0 Å². The van der Waals surface area contributed by atoms with Crippen LogP contribution in [0.1, 0.15) is 32.1 Å². The van der Waals surface area contributed by atoms with Crippen molar-refractivity contribution in [3.63, 3.8) is 0 Å². The van der Waals surface area contributed by atoms with E-state index < -0.39 is 5.41 Å². The lowest BCUT2D eigenvalue weighted by atomic mass is 9.74. The third kappa shape index (κ3) is 2.14. The second kappa shape index (κ2) is 4.80. The summed E-state index contributed by atoms with van der Waals surface area (Å²) in [6, 6.07) is 2.18. The third-order valence-electron chi connectivity index (χ3n) is 2.76. The van der Waals surface area contributed by atoms with Crippen molar-refractivity contribution in [1.29, 1.82) is 5.26 Å². The van der Waals surface area contributed by atoms with Crippen LogP contribution in [0, 0.1) is 16.7 Å². The molecule has 0 bridgehead atoms. The van der Waals surface area contributed by atoms with Crippen molar-refractivity contribution in [3.8, 4) is 6.07 Å². The van der Waals surface area contributed by atoms with Gasteiger partial charge in [0.1, 0.15) is 5.41 Å². The quantitative estimate of drug-likeness (QED) is 0.693. The Kier molecular flexibility index (Phi) is 3.70. The van der Waals surface area contributed by atoms with Crippen LogP contribution in [-0.2, 0) is 4.79 Å². The van der Waals surface area contributed by atoms with Gasteiger partial charge in [-0.05, 0) is 12.8 Å². The highest BCUT2D eigenvalue weighted by atomic mass is 16.2. The summed E-state index contributed by atoms with van der Waals surface area (Å²) in [6.45, 7) is 3.98. The minimum absolute atomic E-state index is 0.125. The molecule has 0 radical (unpaired) electrons. The molecule has 0 aromatic carbocycles. The van der Waals surface area contributed by atoms with Crippen molar-refractivity contribution in [3.05, 3.63) is 12.7 Å². The van der Waals surface area contributed by atoms with Gasteiger partial charge >= 0.3 is 0 Å². The summed E-state index contributed by atoms with van der Waals surface area (Å²) in [7, 11) is 0. The molecule has 3 heteroatoms. The number of nitriles is 1. The minimum Gasteiger partial charge on any atom is -0.351 e. The molecule has 0 aromatic rings. The third-order valence-corrected chi connectivity index (χ3v) is 2.76. The number of hydrogen-bond acceptors (Lipinski definition) is 2. The summed E-state index contributed by atoms with van der Waals surface area (Å²) in [5.74, 6) is -0.125. The average molecular weight is 192 g/mol. The molecule has 0 saturated heterocycles. The van der Waals surface area contributed by atoms with Gasteiger partial charge in [0.2, 0.25) is 5.91 Å². The van der Waals surface area contributed by atoms with Crippen LogP contribution in [-0.4, -0.2) is 12.5 Å². The zero-order chi connectivity index (χ0) is 10.4. The molecule has 1 rings (SSSR count). The van der Waals surface area contributed by atoms with E-state index in [0.29, 0.717) is 19.4 Å². The van der Waals surface area contributed by atoms with Crippen LogP contribution in [0.4, 0.5) is 0 Å². The van der Waals surface area contributed by atoms with Crippen molar-refractivity contribution in [2.45, 2.75) is 32.1 Å². The lowest BCUT2D eigenvalue weighted by molar-refractivity contribution is -0.129. The highest BCUT2D eigenvalue weighted by molar-refractivity contribution is 5.85. The standard InChI is InChI=1S/C11H16N2O/c1-2-8-13-10(14)11(9-12)6-4-3-5-7-11/h2H,1,3-8H2,(H,13,14). The van der Waals surface area contributed by atoms with Gasteiger partial charge in [0, 0.05) is 6.54 Å². The molecule has 1 aliphatic rings. The largest absolute Gasteiger partial charge is 0.351 e. The molecule has 0 aromatic heterocycles. The molecule has 0 unspecified atom stereocenters. The van der Waals surface area contributed by atoms with Gasteiger partial charge in [-0.3, -0.25) is 4.79 Å². The first kappa shape index (κ1) is 10.8. The molecule has 1 N–H and O–H groups in total. The number of nitrogens with zero attached hydrogens (tertiary/aromatic N) is 1. The van der Waals surface area contributed by atoms with Crippen molar-refractivity contribution in [1.82, 2.24) is 5.32 Å². The topological polar surface area (TPSA) is 52.9 Å². The molecule has 0 aliphatic heterocycles. The molecule has 3 nitrogen and oxygen atoms in total. The van der Waals surface area contributed by atoms with Crippen molar-refractivity contribution < 1.29 is 4.79 Å². The summed E-state index contributed by atoms with van der Waals surface area (Å²) in [5, 5.41) is 11.8. The van der Waals surface area contributed by atoms with E-state index in [2.05, 4.69) is 18.0 Å². The van der Waals surface area contributed by atoms with E-state index in [0.717, 1.165) is 19.3 Å². The molecule has 1 fully saturated rings. The van der Waals surface area contributed by atoms with E-state index in [-0.39, 0.29) is 5.91 Å². The molecule has 0 atom stereocenters. The van der Waals surface area contributed by atoms with Gasteiger partial charge in [0.05, 0.1) is 6.07 Å². The first-order valence-electron chi connectivity index (χ1n) is 5.05. The molecule has 14 heavy (non-hydrogen) atoms. The molecular formula is C11H16N2O. The van der Waals surface area contributed by atoms with Crippen molar-refractivity contribution in [2.75, 3.05) is 6.54 Å². The van der Waals surface area contributed by atoms with Crippen LogP contribution in [0.5, 0.6) is 0 Å². The lowest BCUT2D eigenvalue weighted by Gasteiger charge is -2.28. The normalized spacial score (nSPS) is 19.4. The Morgan fingerprint density at radius 2 is 2.14 bits per heavy atom. The van der Waals surface area contributed by atoms with Crippen LogP contribution < -0.4 is 5.32 Å². The number of carbonyl (C=O) groups excluding carboxylic acids is 1. The zero-order valence-electron chi connectivity index (χ0n) is 8.38. The number of carbonyl (C=O) groups is 1. The first-order chi connectivity index (χ1) is 6.75. The van der Waals surface area contributed by atoms with E-state index in [1.807, 2.05) is 0 Å². The molecule has 1 saturated carbocycles. The number of amides is 1. The highest BCUT2D eigenvalue weighted by Crippen LogP contribution is 2.35. The van der Waals surface area contributed by atoms with Crippen LogP contribution in [0.2, 0.25) is 0 Å². The fourth-order valence-electron chi connectivity index (χ4n) is 1.88. The first-order valence-corrected chi connectivity index (χ1v) is 5.05. The maximum absolute atomic E-state index is 11.7. The summed E-state index contributed by atoms with van der Waals surface area (Å²) in [6.07, 6.45) is 6.13. The van der Waals surface area contributed by atoms with Crippen molar-refractivity contribution >= 4 is 5.91 Å². The maximum Gasteiger partial charge on any atom is 0.240 e. The molecule has 1 amide bonds. The molecule has 1 aliphatic carbocycles. The van der Waals surface area contributed by atoms with Crippen LogP contribution in [0.15, 0.2) is 12.7 Å². The molecule has 76 valence electrons. The van der Waals surface area contributed by atoms with Gasteiger partial charge in [0.15, 0.2) is 0 Å². The van der Waals surface area contributed by atoms with E-state index in [9.17, 15) is 4.79 Å². The summed E-state index contributed by atoms with van der Waals surface area (Å²) in [4.78, 5) is 11.7. The Hall–Kier alpha value is -1.30. The average Bonchev–Trinajstić information content (AvgIpc) is 2.26. The lowest BCUT2D eigenvalue weighted by Crippen LogP contribution is -2.41. The predicted molar refractivity (Wildman–Crippen MR) is 54.3 cm³/mol. The van der Waals surface area contributed by atoms with Gasteiger partial charge < -0.3 is 5.32 Å². The summed E-state index contributed by atoms with van der Waals surface area (Å²) >= 11 is 0. The Balaban J connectivity index is 2.63. The number of nitrogens with one attached hydrogen (secondary N) is 1. The monoisotopic (exact) mass is 192 g/mol. The number of rotatable bonds is 3. The van der Waals surface area contributed by atoms with Gasteiger partial charge in [-0.15, -0.1) is 6.58 Å². The Morgan fingerprint density at radius 3 is 2.64 bits per heavy atom. The zero-order valence-corrected chi connectivity index (χ0v) is 8.38. The van der Waals surface area contributed by atoms with E-state index >= 15 is 0 Å². The van der Waals surface area contributed by atoms with Gasteiger partial charge in [0.25, 0.3) is 0 Å². The summed E-state index contributed by atoms with van der Waals surface area (Å²) < 4.78 is 0. The smallest absolute Gasteiger partial charge is 0.240 e. The second-order valence-electron chi connectivity index (χ2n) is 3.75. The van der Waals surface area contributed by atoms with E-state index in [1.165, 1.54) is 0 Å². The van der Waals surface area contributed by atoms with Gasteiger partial charge in [-0.1, -0.05) is 25.3 Å². The molecule has 0 spiro atoms. The fourth-order valence-corrected chi connectivity index (χ4v) is 1.88. The SMILES string of the molecule is C=CCNC(=O)C1(C#N)CCCCC1. The fraction of sp³-hybridized carbons (Fsp3) is 0.636. The van der Waals surface area contributed by atoms with E-state index in [4.69, 9.17) is 5.26 Å². The van der Waals surface area contributed by atoms with Gasteiger partial charge in [-0.2, -0.15) is 5.26 Å². The Labute approximate surface area is 84.8 Å². The highest BCUT2D eigenvalue weighted by Gasteiger charge is 2.39. The predicted octanol–water partition coefficient (Wildman–Crippen LogP) is 1.76. The summed E-state index contributed by atoms with van der Waals surface area (Å²) in [5.41, 5.74) is -0.763.